The van der Waals surface area contributed by atoms with Crippen molar-refractivity contribution in [2.75, 3.05) is 23.9 Å². The lowest BCUT2D eigenvalue weighted by molar-refractivity contribution is -0.386. The van der Waals surface area contributed by atoms with Crippen molar-refractivity contribution >= 4 is 23.1 Å². The lowest BCUT2D eigenvalue weighted by Gasteiger charge is -2.06. The van der Waals surface area contributed by atoms with Gasteiger partial charge in [0, 0.05) is 24.4 Å². The topological polar surface area (TPSA) is 55.2 Å². The van der Waals surface area contributed by atoms with Crippen molar-refractivity contribution < 1.29 is 13.7 Å². The maximum Gasteiger partial charge on any atom is 0.327 e. The number of halogens is 2. The first-order valence-corrected chi connectivity index (χ1v) is 5.82. The zero-order valence-corrected chi connectivity index (χ0v) is 9.31. The summed E-state index contributed by atoms with van der Waals surface area (Å²) < 4.78 is 26.0. The standard InChI is InChI=1S/C9H10F2N2O2S/c1-16-3-2-12-8-5-6(10)4-7(11)9(8)13(14)15/h4-5,12H,2-3H2,1H3. The maximum atomic E-state index is 13.1. The number of nitrogens with zero attached hydrogens (tertiary/aromatic N) is 1. The van der Waals surface area contributed by atoms with E-state index < -0.39 is 22.2 Å². The van der Waals surface area contributed by atoms with E-state index in [2.05, 4.69) is 5.32 Å². The molecule has 0 saturated heterocycles. The summed E-state index contributed by atoms with van der Waals surface area (Å²) in [5.74, 6) is -1.32. The van der Waals surface area contributed by atoms with Crippen LogP contribution >= 0.6 is 11.8 Å². The Morgan fingerprint density at radius 3 is 2.75 bits per heavy atom. The molecule has 0 atom stereocenters. The van der Waals surface area contributed by atoms with Crippen LogP contribution in [0.15, 0.2) is 12.1 Å². The second kappa shape index (κ2) is 5.64. The molecule has 0 unspecified atom stereocenters. The van der Waals surface area contributed by atoms with Gasteiger partial charge < -0.3 is 5.32 Å². The molecule has 0 fully saturated rings. The van der Waals surface area contributed by atoms with Crippen molar-refractivity contribution in [3.63, 3.8) is 0 Å². The van der Waals surface area contributed by atoms with E-state index in [0.29, 0.717) is 18.4 Å². The van der Waals surface area contributed by atoms with Gasteiger partial charge in [-0.25, -0.2) is 4.39 Å². The lowest BCUT2D eigenvalue weighted by Crippen LogP contribution is -2.07. The smallest absolute Gasteiger partial charge is 0.327 e. The molecule has 0 aliphatic carbocycles. The molecule has 1 aromatic rings. The highest BCUT2D eigenvalue weighted by atomic mass is 32.2. The summed E-state index contributed by atoms with van der Waals surface area (Å²) in [6.45, 7) is 0.408. The number of hydrogen-bond acceptors (Lipinski definition) is 4. The second-order valence-corrected chi connectivity index (χ2v) is 3.95. The third-order valence-electron chi connectivity index (χ3n) is 1.83. The SMILES string of the molecule is CSCCNc1cc(F)cc(F)c1[N+](=O)[O-]. The third-order valence-corrected chi connectivity index (χ3v) is 2.44. The fourth-order valence-electron chi connectivity index (χ4n) is 1.17. The number of nitro groups is 1. The molecule has 0 aromatic heterocycles. The Kier molecular flexibility index (Phi) is 4.48. The van der Waals surface area contributed by atoms with Crippen LogP contribution in [0.2, 0.25) is 0 Å². The normalized spacial score (nSPS) is 10.2. The van der Waals surface area contributed by atoms with Crippen LogP contribution in [0.25, 0.3) is 0 Å². The summed E-state index contributed by atoms with van der Waals surface area (Å²) in [5, 5.41) is 13.2. The van der Waals surface area contributed by atoms with Gasteiger partial charge in [-0.05, 0) is 6.26 Å². The van der Waals surface area contributed by atoms with Gasteiger partial charge in [0.25, 0.3) is 0 Å². The second-order valence-electron chi connectivity index (χ2n) is 2.96. The minimum atomic E-state index is -1.17. The quantitative estimate of drug-likeness (QED) is 0.494. The molecule has 0 aliphatic rings. The molecule has 4 nitrogen and oxygen atoms in total. The summed E-state index contributed by atoms with van der Waals surface area (Å²) in [6, 6.07) is 1.42. The molecule has 1 aromatic carbocycles. The molecular weight excluding hydrogens is 238 g/mol. The van der Waals surface area contributed by atoms with Crippen molar-refractivity contribution in [1.29, 1.82) is 0 Å². The Hall–Kier alpha value is -1.37. The van der Waals surface area contributed by atoms with Gasteiger partial charge in [-0.2, -0.15) is 16.2 Å². The molecule has 1 rings (SSSR count). The highest BCUT2D eigenvalue weighted by Gasteiger charge is 2.21. The Balaban J connectivity index is 2.99. The van der Waals surface area contributed by atoms with Gasteiger partial charge in [-0.1, -0.05) is 0 Å². The van der Waals surface area contributed by atoms with E-state index in [0.717, 1.165) is 6.07 Å². The van der Waals surface area contributed by atoms with E-state index in [1.54, 1.807) is 0 Å². The third kappa shape index (κ3) is 3.06. The molecule has 0 radical (unpaired) electrons. The summed E-state index contributed by atoms with van der Waals surface area (Å²) in [6.07, 6.45) is 1.86. The predicted octanol–water partition coefficient (Wildman–Crippen LogP) is 2.65. The van der Waals surface area contributed by atoms with E-state index in [4.69, 9.17) is 0 Å². The van der Waals surface area contributed by atoms with Crippen LogP contribution in [0.3, 0.4) is 0 Å². The number of thioether (sulfide) groups is 1. The number of hydrogen-bond donors (Lipinski definition) is 1. The van der Waals surface area contributed by atoms with Crippen molar-refractivity contribution in [2.45, 2.75) is 0 Å². The number of benzene rings is 1. The van der Waals surface area contributed by atoms with Crippen LogP contribution in [0.4, 0.5) is 20.2 Å². The average Bonchev–Trinajstić information content (AvgIpc) is 2.16. The molecule has 0 saturated carbocycles. The van der Waals surface area contributed by atoms with Crippen LogP contribution in [0, 0.1) is 21.7 Å². The van der Waals surface area contributed by atoms with E-state index in [-0.39, 0.29) is 5.69 Å². The molecule has 88 valence electrons. The molecule has 0 spiro atoms. The Bertz CT molecular complexity index is 401. The fraction of sp³-hybridized carbons (Fsp3) is 0.333. The summed E-state index contributed by atoms with van der Waals surface area (Å²) >= 11 is 1.52. The summed E-state index contributed by atoms with van der Waals surface area (Å²) in [5.41, 5.74) is -0.848. The molecule has 0 aliphatic heterocycles. The summed E-state index contributed by atoms with van der Waals surface area (Å²) in [4.78, 5) is 9.72. The van der Waals surface area contributed by atoms with Crippen molar-refractivity contribution in [3.8, 4) is 0 Å². The van der Waals surface area contributed by atoms with Crippen LogP contribution in [0.5, 0.6) is 0 Å². The molecule has 1 N–H and O–H groups in total. The first-order chi connectivity index (χ1) is 7.56. The van der Waals surface area contributed by atoms with Crippen LogP contribution in [-0.2, 0) is 0 Å². The summed E-state index contributed by atoms with van der Waals surface area (Å²) in [7, 11) is 0. The van der Waals surface area contributed by atoms with E-state index in [9.17, 15) is 18.9 Å². The van der Waals surface area contributed by atoms with Gasteiger partial charge >= 0.3 is 5.69 Å². The van der Waals surface area contributed by atoms with Crippen molar-refractivity contribution in [3.05, 3.63) is 33.9 Å². The first-order valence-electron chi connectivity index (χ1n) is 4.42. The predicted molar refractivity (Wildman–Crippen MR) is 59.9 cm³/mol. The monoisotopic (exact) mass is 248 g/mol. The minimum absolute atomic E-state index is 0.128. The average molecular weight is 248 g/mol. The first kappa shape index (κ1) is 12.7. The molecule has 0 bridgehead atoms. The lowest BCUT2D eigenvalue weighted by atomic mass is 10.2. The van der Waals surface area contributed by atoms with Crippen LogP contribution < -0.4 is 5.32 Å². The van der Waals surface area contributed by atoms with Gasteiger partial charge in [0.1, 0.15) is 11.5 Å². The van der Waals surface area contributed by atoms with E-state index in [1.165, 1.54) is 11.8 Å². The largest absolute Gasteiger partial charge is 0.378 e. The highest BCUT2D eigenvalue weighted by molar-refractivity contribution is 7.98. The number of rotatable bonds is 5. The van der Waals surface area contributed by atoms with Crippen molar-refractivity contribution in [1.82, 2.24) is 0 Å². The van der Waals surface area contributed by atoms with Gasteiger partial charge in [-0.15, -0.1) is 0 Å². The minimum Gasteiger partial charge on any atom is -0.378 e. The molecule has 0 heterocycles. The van der Waals surface area contributed by atoms with Crippen LogP contribution in [0.1, 0.15) is 0 Å². The Morgan fingerprint density at radius 1 is 1.50 bits per heavy atom. The number of nitrogens with one attached hydrogen (secondary N) is 1. The van der Waals surface area contributed by atoms with Gasteiger partial charge in [-0.3, -0.25) is 10.1 Å². The molecule has 0 amide bonds. The molecular formula is C9H10F2N2O2S. The zero-order valence-electron chi connectivity index (χ0n) is 8.50. The van der Waals surface area contributed by atoms with Gasteiger partial charge in [0.05, 0.1) is 4.92 Å². The van der Waals surface area contributed by atoms with Gasteiger partial charge in [0.2, 0.25) is 5.82 Å². The number of anilines is 1. The Labute approximate surface area is 95.2 Å². The zero-order chi connectivity index (χ0) is 12.1. The van der Waals surface area contributed by atoms with E-state index in [1.807, 2.05) is 6.26 Å². The van der Waals surface area contributed by atoms with Gasteiger partial charge in [0.15, 0.2) is 0 Å². The van der Waals surface area contributed by atoms with Crippen LogP contribution in [-0.4, -0.2) is 23.5 Å². The highest BCUT2D eigenvalue weighted by Crippen LogP contribution is 2.28. The maximum absolute atomic E-state index is 13.1. The van der Waals surface area contributed by atoms with Crippen molar-refractivity contribution in [2.24, 2.45) is 0 Å². The Morgan fingerprint density at radius 2 is 2.19 bits per heavy atom. The van der Waals surface area contributed by atoms with E-state index >= 15 is 0 Å². The molecule has 7 heteroatoms. The molecule has 16 heavy (non-hydrogen) atoms. The fourth-order valence-corrected chi connectivity index (χ4v) is 1.48. The number of nitro benzene ring substituents is 1.